The molecular weight excluding hydrogens is 426 g/mol. The minimum Gasteiger partial charge on any atom is -0.497 e. The van der Waals surface area contributed by atoms with Crippen LogP contribution in [0.2, 0.25) is 0 Å². The van der Waals surface area contributed by atoms with Crippen LogP contribution in [0, 0.1) is 23.2 Å². The standard InChI is InChI=1S/C29H35NO4/c1-32-23-6-4-21(5-7-23)27-24-14-26(34-3)25(33-2)13-22(24)8-9-30(27)28(31)29-15-18-10-19(16-29)12-20(11-18)17-29/h4-7,13-14,18-20,27H,8-12,15-17H2,1-3H3/t18?,19?,20?,27-,29?/m0/s1. The number of ether oxygens (including phenoxy) is 3. The molecule has 4 aliphatic carbocycles. The molecular formula is C29H35NO4. The molecule has 1 atom stereocenters. The van der Waals surface area contributed by atoms with Crippen molar-refractivity contribution in [3.63, 3.8) is 0 Å². The van der Waals surface area contributed by atoms with E-state index in [1.54, 1.807) is 21.3 Å². The molecule has 5 aliphatic rings. The molecule has 0 aromatic heterocycles. The van der Waals surface area contributed by atoms with Crippen LogP contribution in [0.15, 0.2) is 36.4 Å². The fourth-order valence-corrected chi connectivity index (χ4v) is 7.99. The Morgan fingerprint density at radius 1 is 0.853 bits per heavy atom. The highest BCUT2D eigenvalue weighted by molar-refractivity contribution is 5.84. The smallest absolute Gasteiger partial charge is 0.229 e. The number of carbonyl (C=O) groups excluding carboxylic acids is 1. The number of amides is 1. The molecule has 4 fully saturated rings. The van der Waals surface area contributed by atoms with Gasteiger partial charge in [0.1, 0.15) is 5.75 Å². The molecule has 0 radical (unpaired) electrons. The summed E-state index contributed by atoms with van der Waals surface area (Å²) < 4.78 is 16.7. The fraction of sp³-hybridized carbons (Fsp3) is 0.552. The van der Waals surface area contributed by atoms with Crippen molar-refractivity contribution in [2.75, 3.05) is 27.9 Å². The van der Waals surface area contributed by atoms with Crippen molar-refractivity contribution in [2.24, 2.45) is 23.2 Å². The molecule has 2 aromatic carbocycles. The maximum absolute atomic E-state index is 14.5. The van der Waals surface area contributed by atoms with Gasteiger partial charge in [0, 0.05) is 6.54 Å². The third kappa shape index (κ3) is 3.38. The predicted molar refractivity (Wildman–Crippen MR) is 130 cm³/mol. The van der Waals surface area contributed by atoms with E-state index >= 15 is 0 Å². The molecule has 1 aliphatic heterocycles. The van der Waals surface area contributed by atoms with Gasteiger partial charge < -0.3 is 19.1 Å². The summed E-state index contributed by atoms with van der Waals surface area (Å²) in [6.07, 6.45) is 8.12. The van der Waals surface area contributed by atoms with Gasteiger partial charge in [0.15, 0.2) is 11.5 Å². The summed E-state index contributed by atoms with van der Waals surface area (Å²) in [7, 11) is 5.04. The van der Waals surface area contributed by atoms with Crippen LogP contribution < -0.4 is 14.2 Å². The average molecular weight is 462 g/mol. The van der Waals surface area contributed by atoms with Crippen LogP contribution in [0.25, 0.3) is 0 Å². The van der Waals surface area contributed by atoms with Crippen molar-refractivity contribution in [1.29, 1.82) is 0 Å². The molecule has 5 heteroatoms. The third-order valence-electron chi connectivity index (χ3n) is 9.06. The molecule has 0 spiro atoms. The number of nitrogens with zero attached hydrogens (tertiary/aromatic N) is 1. The van der Waals surface area contributed by atoms with E-state index in [2.05, 4.69) is 29.2 Å². The zero-order chi connectivity index (χ0) is 23.4. The summed E-state index contributed by atoms with van der Waals surface area (Å²) in [6, 6.07) is 12.3. The first kappa shape index (κ1) is 21.8. The fourth-order valence-electron chi connectivity index (χ4n) is 7.99. The number of methoxy groups -OCH3 is 3. The van der Waals surface area contributed by atoms with E-state index in [0.29, 0.717) is 11.7 Å². The first-order valence-corrected chi connectivity index (χ1v) is 12.7. The zero-order valence-electron chi connectivity index (χ0n) is 20.5. The van der Waals surface area contributed by atoms with Crippen molar-refractivity contribution in [3.8, 4) is 17.2 Å². The minimum atomic E-state index is -0.159. The zero-order valence-corrected chi connectivity index (χ0v) is 20.5. The van der Waals surface area contributed by atoms with Gasteiger partial charge in [0.05, 0.1) is 32.8 Å². The van der Waals surface area contributed by atoms with Crippen LogP contribution in [-0.2, 0) is 11.2 Å². The maximum atomic E-state index is 14.5. The predicted octanol–water partition coefficient (Wildman–Crippen LogP) is 5.40. The number of hydrogen-bond donors (Lipinski definition) is 0. The van der Waals surface area contributed by atoms with E-state index in [9.17, 15) is 4.79 Å². The largest absolute Gasteiger partial charge is 0.497 e. The molecule has 0 N–H and O–H groups in total. The summed E-state index contributed by atoms with van der Waals surface area (Å²) >= 11 is 0. The Labute approximate surface area is 202 Å². The summed E-state index contributed by atoms with van der Waals surface area (Å²) in [4.78, 5) is 16.7. The molecule has 0 saturated heterocycles. The third-order valence-corrected chi connectivity index (χ3v) is 9.06. The minimum absolute atomic E-state index is 0.130. The Bertz CT molecular complexity index is 1060. The molecule has 2 aromatic rings. The molecule has 180 valence electrons. The van der Waals surface area contributed by atoms with Crippen LogP contribution in [0.4, 0.5) is 0 Å². The van der Waals surface area contributed by atoms with Gasteiger partial charge in [-0.1, -0.05) is 12.1 Å². The SMILES string of the molecule is COc1ccc([C@H]2c3cc(OC)c(OC)cc3CCN2C(=O)C23CC4CC(CC(C4)C2)C3)cc1. The van der Waals surface area contributed by atoms with Gasteiger partial charge in [0.2, 0.25) is 5.91 Å². The van der Waals surface area contributed by atoms with Crippen LogP contribution in [0.5, 0.6) is 17.2 Å². The Kier molecular flexibility index (Phi) is 5.27. The molecule has 4 bridgehead atoms. The van der Waals surface area contributed by atoms with E-state index in [0.717, 1.165) is 72.6 Å². The Hall–Kier alpha value is -2.69. The lowest BCUT2D eigenvalue weighted by Crippen LogP contribution is -2.56. The van der Waals surface area contributed by atoms with E-state index in [1.165, 1.54) is 24.8 Å². The van der Waals surface area contributed by atoms with Gasteiger partial charge in [-0.25, -0.2) is 0 Å². The van der Waals surface area contributed by atoms with E-state index in [4.69, 9.17) is 14.2 Å². The first-order valence-electron chi connectivity index (χ1n) is 12.7. The number of hydrogen-bond acceptors (Lipinski definition) is 4. The summed E-state index contributed by atoms with van der Waals surface area (Å²) in [5, 5.41) is 0. The lowest BCUT2D eigenvalue weighted by Gasteiger charge is -2.57. The second-order valence-electron chi connectivity index (χ2n) is 11.0. The van der Waals surface area contributed by atoms with Crippen molar-refractivity contribution >= 4 is 5.91 Å². The van der Waals surface area contributed by atoms with Crippen molar-refractivity contribution < 1.29 is 19.0 Å². The van der Waals surface area contributed by atoms with Crippen LogP contribution in [0.1, 0.15) is 61.3 Å². The summed E-state index contributed by atoms with van der Waals surface area (Å²) in [5.41, 5.74) is 3.33. The van der Waals surface area contributed by atoms with Gasteiger partial charge in [-0.2, -0.15) is 0 Å². The summed E-state index contributed by atoms with van der Waals surface area (Å²) in [5.74, 6) is 4.90. The van der Waals surface area contributed by atoms with Gasteiger partial charge in [-0.15, -0.1) is 0 Å². The van der Waals surface area contributed by atoms with Gasteiger partial charge >= 0.3 is 0 Å². The number of fused-ring (bicyclic) bond motifs is 1. The summed E-state index contributed by atoms with van der Waals surface area (Å²) in [6.45, 7) is 0.736. The van der Waals surface area contributed by atoms with E-state index < -0.39 is 0 Å². The molecule has 1 heterocycles. The Balaban J connectivity index is 1.43. The van der Waals surface area contributed by atoms with Crippen LogP contribution in [-0.4, -0.2) is 38.7 Å². The van der Waals surface area contributed by atoms with Gasteiger partial charge in [0.25, 0.3) is 0 Å². The number of benzene rings is 2. The molecule has 1 amide bonds. The highest BCUT2D eigenvalue weighted by atomic mass is 16.5. The lowest BCUT2D eigenvalue weighted by atomic mass is 9.49. The van der Waals surface area contributed by atoms with Crippen LogP contribution in [0.3, 0.4) is 0 Å². The van der Waals surface area contributed by atoms with Crippen molar-refractivity contribution in [1.82, 2.24) is 4.90 Å². The molecule has 7 rings (SSSR count). The number of carbonyl (C=O) groups is 1. The molecule has 5 nitrogen and oxygen atoms in total. The number of rotatable bonds is 5. The lowest BCUT2D eigenvalue weighted by molar-refractivity contribution is -0.159. The topological polar surface area (TPSA) is 48.0 Å². The van der Waals surface area contributed by atoms with Crippen molar-refractivity contribution in [2.45, 2.75) is 51.0 Å². The Morgan fingerprint density at radius 3 is 2.00 bits per heavy atom. The average Bonchev–Trinajstić information content (AvgIpc) is 2.86. The van der Waals surface area contributed by atoms with Gasteiger partial charge in [-0.05, 0) is 104 Å². The molecule has 4 saturated carbocycles. The first-order chi connectivity index (χ1) is 16.5. The molecule has 34 heavy (non-hydrogen) atoms. The van der Waals surface area contributed by atoms with Gasteiger partial charge in [-0.3, -0.25) is 4.79 Å². The molecule has 0 unspecified atom stereocenters. The van der Waals surface area contributed by atoms with Crippen LogP contribution >= 0.6 is 0 Å². The normalized spacial score (nSPS) is 31.2. The second-order valence-corrected chi connectivity index (χ2v) is 11.0. The van der Waals surface area contributed by atoms with E-state index in [-0.39, 0.29) is 11.5 Å². The highest BCUT2D eigenvalue weighted by Gasteiger charge is 2.56. The monoisotopic (exact) mass is 461 g/mol. The Morgan fingerprint density at radius 2 is 1.44 bits per heavy atom. The maximum Gasteiger partial charge on any atom is 0.229 e. The van der Waals surface area contributed by atoms with E-state index in [1.807, 2.05) is 12.1 Å². The quantitative estimate of drug-likeness (QED) is 0.598. The highest BCUT2D eigenvalue weighted by Crippen LogP contribution is 2.61. The van der Waals surface area contributed by atoms with Crippen molar-refractivity contribution in [3.05, 3.63) is 53.1 Å². The second kappa shape index (κ2) is 8.21.